The van der Waals surface area contributed by atoms with Crippen molar-refractivity contribution in [2.24, 2.45) is 0 Å². The highest BCUT2D eigenvalue weighted by atomic mass is 16.2. The number of benzene rings is 2. The molecular formula is C25H33N3O2. The van der Waals surface area contributed by atoms with Crippen LogP contribution in [0.2, 0.25) is 0 Å². The van der Waals surface area contributed by atoms with Gasteiger partial charge in [-0.2, -0.15) is 0 Å². The molecule has 1 aliphatic heterocycles. The van der Waals surface area contributed by atoms with Crippen molar-refractivity contribution in [3.05, 3.63) is 71.3 Å². The third-order valence-electron chi connectivity index (χ3n) is 5.83. The van der Waals surface area contributed by atoms with Crippen LogP contribution in [-0.2, 0) is 11.3 Å². The Bertz CT molecular complexity index is 827. The van der Waals surface area contributed by atoms with E-state index in [2.05, 4.69) is 24.1 Å². The van der Waals surface area contributed by atoms with Gasteiger partial charge in [-0.15, -0.1) is 0 Å². The average molecular weight is 408 g/mol. The van der Waals surface area contributed by atoms with E-state index in [-0.39, 0.29) is 17.9 Å². The van der Waals surface area contributed by atoms with Crippen molar-refractivity contribution in [2.45, 2.75) is 45.7 Å². The molecule has 1 saturated heterocycles. The van der Waals surface area contributed by atoms with Crippen LogP contribution in [0.25, 0.3) is 0 Å². The second-order valence-electron chi connectivity index (χ2n) is 7.81. The molecule has 2 aromatic rings. The Morgan fingerprint density at radius 3 is 2.33 bits per heavy atom. The zero-order valence-corrected chi connectivity index (χ0v) is 18.1. The summed E-state index contributed by atoms with van der Waals surface area (Å²) in [7, 11) is 0. The molecule has 5 heteroatoms. The first kappa shape index (κ1) is 22.0. The van der Waals surface area contributed by atoms with Crippen LogP contribution in [0.1, 0.15) is 60.6 Å². The average Bonchev–Trinajstić information content (AvgIpc) is 2.81. The van der Waals surface area contributed by atoms with Gasteiger partial charge in [-0.05, 0) is 55.6 Å². The summed E-state index contributed by atoms with van der Waals surface area (Å²) in [6, 6.07) is 17.2. The van der Waals surface area contributed by atoms with Gasteiger partial charge in [0.15, 0.2) is 0 Å². The predicted molar refractivity (Wildman–Crippen MR) is 120 cm³/mol. The fourth-order valence-corrected chi connectivity index (χ4v) is 4.13. The van der Waals surface area contributed by atoms with Crippen LogP contribution in [-0.4, -0.2) is 47.8 Å². The van der Waals surface area contributed by atoms with Gasteiger partial charge in [-0.1, -0.05) is 56.3 Å². The number of rotatable bonds is 8. The highest BCUT2D eigenvalue weighted by Crippen LogP contribution is 2.21. The highest BCUT2D eigenvalue weighted by Gasteiger charge is 2.25. The van der Waals surface area contributed by atoms with Gasteiger partial charge in [0.1, 0.15) is 6.04 Å². The van der Waals surface area contributed by atoms with E-state index in [0.29, 0.717) is 12.1 Å². The van der Waals surface area contributed by atoms with Crippen molar-refractivity contribution in [1.82, 2.24) is 15.1 Å². The first-order valence-corrected chi connectivity index (χ1v) is 11.1. The van der Waals surface area contributed by atoms with Crippen LogP contribution >= 0.6 is 0 Å². The molecule has 1 unspecified atom stereocenters. The van der Waals surface area contributed by atoms with Gasteiger partial charge in [0.25, 0.3) is 5.91 Å². The van der Waals surface area contributed by atoms with Gasteiger partial charge in [0.05, 0.1) is 0 Å². The molecule has 1 heterocycles. The molecule has 0 bridgehead atoms. The van der Waals surface area contributed by atoms with E-state index >= 15 is 0 Å². The maximum absolute atomic E-state index is 13.1. The second-order valence-corrected chi connectivity index (χ2v) is 7.81. The van der Waals surface area contributed by atoms with Crippen molar-refractivity contribution in [3.8, 4) is 0 Å². The van der Waals surface area contributed by atoms with E-state index in [0.717, 1.165) is 50.1 Å². The summed E-state index contributed by atoms with van der Waals surface area (Å²) in [4.78, 5) is 30.0. The van der Waals surface area contributed by atoms with Gasteiger partial charge < -0.3 is 10.2 Å². The van der Waals surface area contributed by atoms with E-state index in [1.807, 2.05) is 59.5 Å². The van der Waals surface area contributed by atoms with Crippen molar-refractivity contribution in [3.63, 3.8) is 0 Å². The van der Waals surface area contributed by atoms with E-state index < -0.39 is 0 Å². The summed E-state index contributed by atoms with van der Waals surface area (Å²) >= 11 is 0. The lowest BCUT2D eigenvalue weighted by Crippen LogP contribution is -2.40. The first-order valence-electron chi connectivity index (χ1n) is 11.1. The zero-order valence-electron chi connectivity index (χ0n) is 18.1. The number of likely N-dealkylation sites (tertiary alicyclic amines) is 1. The Balaban J connectivity index is 1.69. The molecule has 0 aromatic heterocycles. The minimum absolute atomic E-state index is 0.0161. The quantitative estimate of drug-likeness (QED) is 0.719. The van der Waals surface area contributed by atoms with Gasteiger partial charge in [-0.3, -0.25) is 14.5 Å². The van der Waals surface area contributed by atoms with Crippen LogP contribution in [0, 0.1) is 0 Å². The van der Waals surface area contributed by atoms with Crippen molar-refractivity contribution in [2.75, 3.05) is 26.2 Å². The normalized spacial score (nSPS) is 15.1. The predicted octanol–water partition coefficient (Wildman–Crippen LogP) is 4.01. The lowest BCUT2D eigenvalue weighted by Gasteiger charge is -2.29. The van der Waals surface area contributed by atoms with E-state index in [4.69, 9.17) is 0 Å². The summed E-state index contributed by atoms with van der Waals surface area (Å²) in [5.74, 6) is 0.0749. The number of hydrogen-bond donors (Lipinski definition) is 1. The van der Waals surface area contributed by atoms with Gasteiger partial charge >= 0.3 is 0 Å². The number of piperidine rings is 1. The zero-order chi connectivity index (χ0) is 21.3. The molecule has 3 rings (SSSR count). The minimum Gasteiger partial charge on any atom is -0.350 e. The van der Waals surface area contributed by atoms with Crippen LogP contribution < -0.4 is 5.32 Å². The molecular weight excluding hydrogens is 374 g/mol. The molecule has 30 heavy (non-hydrogen) atoms. The summed E-state index contributed by atoms with van der Waals surface area (Å²) in [6.07, 6.45) is 3.35. The number of hydrogen-bond acceptors (Lipinski definition) is 3. The van der Waals surface area contributed by atoms with Crippen LogP contribution in [0.3, 0.4) is 0 Å². The third-order valence-corrected chi connectivity index (χ3v) is 5.83. The monoisotopic (exact) mass is 407 g/mol. The molecule has 5 nitrogen and oxygen atoms in total. The van der Waals surface area contributed by atoms with Gasteiger partial charge in [0.2, 0.25) is 5.91 Å². The van der Waals surface area contributed by atoms with E-state index in [1.54, 1.807) is 0 Å². The fraction of sp³-hybridized carbons (Fsp3) is 0.440. The summed E-state index contributed by atoms with van der Waals surface area (Å²) in [5, 5.41) is 3.09. The summed E-state index contributed by atoms with van der Waals surface area (Å²) in [6.45, 7) is 7.81. The number of carbonyl (C=O) groups excluding carboxylic acids is 2. The Hall–Kier alpha value is -2.66. The largest absolute Gasteiger partial charge is 0.350 e. The second kappa shape index (κ2) is 10.9. The molecule has 0 spiro atoms. The minimum atomic E-state index is -0.320. The molecule has 160 valence electrons. The lowest BCUT2D eigenvalue weighted by molar-refractivity contribution is -0.126. The van der Waals surface area contributed by atoms with Crippen LogP contribution in [0.15, 0.2) is 54.6 Å². The Morgan fingerprint density at radius 2 is 1.67 bits per heavy atom. The highest BCUT2D eigenvalue weighted by molar-refractivity contribution is 5.94. The van der Waals surface area contributed by atoms with E-state index in [9.17, 15) is 9.59 Å². The summed E-state index contributed by atoms with van der Waals surface area (Å²) in [5.41, 5.74) is 2.64. The number of likely N-dealkylation sites (N-methyl/N-ethyl adjacent to an activating group) is 1. The molecule has 2 aromatic carbocycles. The molecule has 1 aliphatic rings. The molecule has 1 atom stereocenters. The van der Waals surface area contributed by atoms with Crippen molar-refractivity contribution < 1.29 is 9.59 Å². The molecule has 2 amide bonds. The number of nitrogens with zero attached hydrogens (tertiary/aromatic N) is 2. The topological polar surface area (TPSA) is 52.7 Å². The van der Waals surface area contributed by atoms with Crippen molar-refractivity contribution >= 4 is 11.8 Å². The lowest BCUT2D eigenvalue weighted by atomic mass is 10.0. The van der Waals surface area contributed by atoms with Gasteiger partial charge in [0, 0.05) is 25.2 Å². The van der Waals surface area contributed by atoms with Crippen LogP contribution in [0.4, 0.5) is 0 Å². The molecule has 0 saturated carbocycles. The Labute approximate surface area is 180 Å². The maximum Gasteiger partial charge on any atom is 0.253 e. The number of amides is 2. The third kappa shape index (κ3) is 5.48. The molecule has 1 fully saturated rings. The smallest absolute Gasteiger partial charge is 0.253 e. The first-order chi connectivity index (χ1) is 14.6. The number of nitrogens with one attached hydrogen (secondary N) is 1. The maximum atomic E-state index is 13.1. The molecule has 1 N–H and O–H groups in total. The van der Waals surface area contributed by atoms with E-state index in [1.165, 1.54) is 6.42 Å². The Morgan fingerprint density at radius 1 is 0.967 bits per heavy atom. The Kier molecular flexibility index (Phi) is 8.03. The SMILES string of the molecule is CCN(CC)C(C(=O)NCc1cccc(C(=O)N2CCCCC2)c1)c1ccccc1. The molecule has 0 aliphatic carbocycles. The number of carbonyl (C=O) groups is 2. The standard InChI is InChI=1S/C25H33N3O2/c1-3-27(4-2)23(21-13-7-5-8-14-21)24(29)26-19-20-12-11-15-22(18-20)25(30)28-16-9-6-10-17-28/h5,7-8,11-15,18,23H,3-4,6,9-10,16-17,19H2,1-2H3,(H,26,29). The van der Waals surface area contributed by atoms with Crippen molar-refractivity contribution in [1.29, 1.82) is 0 Å². The van der Waals surface area contributed by atoms with Crippen LogP contribution in [0.5, 0.6) is 0 Å². The van der Waals surface area contributed by atoms with Gasteiger partial charge in [-0.25, -0.2) is 0 Å². The summed E-state index contributed by atoms with van der Waals surface area (Å²) < 4.78 is 0. The fourth-order valence-electron chi connectivity index (χ4n) is 4.13. The molecule has 0 radical (unpaired) electrons.